The topological polar surface area (TPSA) is 51.8 Å². The van der Waals surface area contributed by atoms with E-state index in [1.807, 2.05) is 43.3 Å². The van der Waals surface area contributed by atoms with Gasteiger partial charge < -0.3 is 5.73 Å². The largest absolute Gasteiger partial charge is 0.368 e. The van der Waals surface area contributed by atoms with Gasteiger partial charge in [-0.05, 0) is 18.1 Å². The van der Waals surface area contributed by atoms with Crippen LogP contribution in [0.2, 0.25) is 0 Å². The fraction of sp³-hybridized carbons (Fsp3) is 0.143. The van der Waals surface area contributed by atoms with Crippen molar-refractivity contribution in [1.82, 2.24) is 9.97 Å². The molecule has 3 heteroatoms. The second-order valence-corrected chi connectivity index (χ2v) is 3.78. The van der Waals surface area contributed by atoms with Gasteiger partial charge in [0, 0.05) is 11.3 Å². The van der Waals surface area contributed by atoms with E-state index in [4.69, 9.17) is 5.73 Å². The zero-order chi connectivity index (χ0) is 12.3. The van der Waals surface area contributed by atoms with Crippen LogP contribution in [-0.4, -0.2) is 9.97 Å². The van der Waals surface area contributed by atoms with E-state index in [2.05, 4.69) is 16.5 Å². The summed E-state index contributed by atoms with van der Waals surface area (Å²) in [6, 6.07) is 10.0. The second kappa shape index (κ2) is 4.78. The molecule has 2 aromatic rings. The molecule has 1 aromatic carbocycles. The number of nitrogen functional groups attached to an aromatic ring is 1. The number of nitrogens with zero attached hydrogens (tertiary/aromatic N) is 2. The molecule has 1 heterocycles. The quantitative estimate of drug-likeness (QED) is 0.873. The SMILES string of the molecule is C=Cc1ccc(-c2cc(CC)nc(N)n2)cc1. The smallest absolute Gasteiger partial charge is 0.220 e. The molecule has 2 rings (SSSR count). The molecule has 2 N–H and O–H groups in total. The Hall–Kier alpha value is -2.16. The molecule has 0 spiro atoms. The lowest BCUT2D eigenvalue weighted by Gasteiger charge is -2.05. The minimum atomic E-state index is 0.326. The number of rotatable bonds is 3. The van der Waals surface area contributed by atoms with Crippen molar-refractivity contribution in [2.24, 2.45) is 0 Å². The fourth-order valence-corrected chi connectivity index (χ4v) is 1.64. The van der Waals surface area contributed by atoms with E-state index in [1.54, 1.807) is 0 Å². The Morgan fingerprint density at radius 1 is 1.24 bits per heavy atom. The summed E-state index contributed by atoms with van der Waals surface area (Å²) in [4.78, 5) is 8.41. The zero-order valence-electron chi connectivity index (χ0n) is 9.85. The number of hydrogen-bond acceptors (Lipinski definition) is 3. The van der Waals surface area contributed by atoms with Gasteiger partial charge in [-0.25, -0.2) is 9.97 Å². The van der Waals surface area contributed by atoms with Gasteiger partial charge in [0.25, 0.3) is 0 Å². The number of benzene rings is 1. The summed E-state index contributed by atoms with van der Waals surface area (Å²) < 4.78 is 0. The van der Waals surface area contributed by atoms with Gasteiger partial charge in [-0.1, -0.05) is 43.8 Å². The molecule has 0 fully saturated rings. The van der Waals surface area contributed by atoms with Gasteiger partial charge in [0.05, 0.1) is 5.69 Å². The van der Waals surface area contributed by atoms with E-state index in [-0.39, 0.29) is 0 Å². The van der Waals surface area contributed by atoms with E-state index in [0.29, 0.717) is 5.95 Å². The van der Waals surface area contributed by atoms with E-state index in [0.717, 1.165) is 28.9 Å². The maximum Gasteiger partial charge on any atom is 0.220 e. The van der Waals surface area contributed by atoms with Crippen LogP contribution in [0.15, 0.2) is 36.9 Å². The Labute approximate surface area is 101 Å². The Balaban J connectivity index is 2.44. The first-order valence-electron chi connectivity index (χ1n) is 5.59. The molecule has 0 atom stereocenters. The molecule has 17 heavy (non-hydrogen) atoms. The van der Waals surface area contributed by atoms with Crippen molar-refractivity contribution in [3.8, 4) is 11.3 Å². The molecule has 0 bridgehead atoms. The highest BCUT2D eigenvalue weighted by atomic mass is 15.0. The number of hydrogen-bond donors (Lipinski definition) is 1. The van der Waals surface area contributed by atoms with Gasteiger partial charge in [-0.3, -0.25) is 0 Å². The Morgan fingerprint density at radius 3 is 2.53 bits per heavy atom. The molecule has 0 aliphatic rings. The lowest BCUT2D eigenvalue weighted by molar-refractivity contribution is 1.01. The Kier molecular flexibility index (Phi) is 3.19. The molecule has 3 nitrogen and oxygen atoms in total. The van der Waals surface area contributed by atoms with E-state index >= 15 is 0 Å². The number of aryl methyl sites for hydroxylation is 1. The standard InChI is InChI=1S/C14H15N3/c1-3-10-5-7-11(8-6-10)13-9-12(4-2)16-14(15)17-13/h3,5-9H,1,4H2,2H3,(H2,15,16,17). The molecule has 0 unspecified atom stereocenters. The fourth-order valence-electron chi connectivity index (χ4n) is 1.64. The second-order valence-electron chi connectivity index (χ2n) is 3.78. The van der Waals surface area contributed by atoms with E-state index in [9.17, 15) is 0 Å². The van der Waals surface area contributed by atoms with Crippen molar-refractivity contribution in [1.29, 1.82) is 0 Å². The molecule has 0 saturated carbocycles. The van der Waals surface area contributed by atoms with E-state index in [1.165, 1.54) is 0 Å². The number of nitrogens with two attached hydrogens (primary N) is 1. The van der Waals surface area contributed by atoms with Gasteiger partial charge >= 0.3 is 0 Å². The van der Waals surface area contributed by atoms with Crippen molar-refractivity contribution >= 4 is 12.0 Å². The Morgan fingerprint density at radius 2 is 1.94 bits per heavy atom. The first-order valence-corrected chi connectivity index (χ1v) is 5.59. The summed E-state index contributed by atoms with van der Waals surface area (Å²) in [6.45, 7) is 5.78. The predicted octanol–water partition coefficient (Wildman–Crippen LogP) is 2.93. The van der Waals surface area contributed by atoms with Crippen LogP contribution in [0.4, 0.5) is 5.95 Å². The maximum absolute atomic E-state index is 5.69. The van der Waals surface area contributed by atoms with Crippen molar-refractivity contribution in [3.63, 3.8) is 0 Å². The summed E-state index contributed by atoms with van der Waals surface area (Å²) in [7, 11) is 0. The van der Waals surface area contributed by atoms with E-state index < -0.39 is 0 Å². The van der Waals surface area contributed by atoms with Crippen molar-refractivity contribution in [2.45, 2.75) is 13.3 Å². The van der Waals surface area contributed by atoms with Crippen LogP contribution in [0.1, 0.15) is 18.2 Å². The molecule has 86 valence electrons. The van der Waals surface area contributed by atoms with Crippen LogP contribution in [0, 0.1) is 0 Å². The van der Waals surface area contributed by atoms with Crippen LogP contribution in [0.25, 0.3) is 17.3 Å². The third-order valence-corrected chi connectivity index (χ3v) is 2.60. The molecule has 0 amide bonds. The van der Waals surface area contributed by atoms with Crippen molar-refractivity contribution < 1.29 is 0 Å². The first-order chi connectivity index (χ1) is 8.22. The third kappa shape index (κ3) is 2.50. The lowest BCUT2D eigenvalue weighted by Crippen LogP contribution is -2.00. The minimum Gasteiger partial charge on any atom is -0.368 e. The van der Waals surface area contributed by atoms with Crippen LogP contribution in [-0.2, 0) is 6.42 Å². The molecule has 0 aliphatic carbocycles. The summed E-state index contributed by atoms with van der Waals surface area (Å²) in [5, 5.41) is 0. The first kappa shape index (κ1) is 11.3. The summed E-state index contributed by atoms with van der Waals surface area (Å²) in [5.74, 6) is 0.326. The minimum absolute atomic E-state index is 0.326. The van der Waals surface area contributed by atoms with Crippen LogP contribution in [0.3, 0.4) is 0 Å². The number of aromatic nitrogens is 2. The monoisotopic (exact) mass is 225 g/mol. The van der Waals surface area contributed by atoms with Crippen molar-refractivity contribution in [2.75, 3.05) is 5.73 Å². The maximum atomic E-state index is 5.69. The highest BCUT2D eigenvalue weighted by Crippen LogP contribution is 2.19. The van der Waals surface area contributed by atoms with Crippen LogP contribution >= 0.6 is 0 Å². The van der Waals surface area contributed by atoms with Gasteiger partial charge in [0.1, 0.15) is 0 Å². The average Bonchev–Trinajstić information content (AvgIpc) is 2.38. The van der Waals surface area contributed by atoms with Gasteiger partial charge in [0.2, 0.25) is 5.95 Å². The van der Waals surface area contributed by atoms with Gasteiger partial charge in [-0.15, -0.1) is 0 Å². The van der Waals surface area contributed by atoms with Crippen LogP contribution in [0.5, 0.6) is 0 Å². The summed E-state index contributed by atoms with van der Waals surface area (Å²) in [5.41, 5.74) is 9.64. The molecule has 0 radical (unpaired) electrons. The molecule has 1 aromatic heterocycles. The number of anilines is 1. The average molecular weight is 225 g/mol. The van der Waals surface area contributed by atoms with Crippen LogP contribution < -0.4 is 5.73 Å². The van der Waals surface area contributed by atoms with Gasteiger partial charge in [-0.2, -0.15) is 0 Å². The third-order valence-electron chi connectivity index (χ3n) is 2.60. The zero-order valence-corrected chi connectivity index (χ0v) is 9.85. The Bertz CT molecular complexity index is 530. The normalized spacial score (nSPS) is 10.2. The lowest BCUT2D eigenvalue weighted by atomic mass is 10.1. The predicted molar refractivity (Wildman–Crippen MR) is 71.3 cm³/mol. The molecular formula is C14H15N3. The highest BCUT2D eigenvalue weighted by Gasteiger charge is 2.03. The van der Waals surface area contributed by atoms with Gasteiger partial charge in [0.15, 0.2) is 0 Å². The summed E-state index contributed by atoms with van der Waals surface area (Å²) >= 11 is 0. The summed E-state index contributed by atoms with van der Waals surface area (Å²) in [6.07, 6.45) is 2.67. The van der Waals surface area contributed by atoms with Crippen molar-refractivity contribution in [3.05, 3.63) is 48.2 Å². The highest BCUT2D eigenvalue weighted by molar-refractivity contribution is 5.63. The molecular weight excluding hydrogens is 210 g/mol. The molecule has 0 saturated heterocycles. The molecule has 0 aliphatic heterocycles.